The molecule has 0 aromatic carbocycles. The van der Waals surface area contributed by atoms with Gasteiger partial charge >= 0.3 is 0 Å². The van der Waals surface area contributed by atoms with Crippen LogP contribution in [0.5, 0.6) is 0 Å². The van der Waals surface area contributed by atoms with Crippen LogP contribution in [0.25, 0.3) is 0 Å². The summed E-state index contributed by atoms with van der Waals surface area (Å²) in [6.45, 7) is 4.75. The first kappa shape index (κ1) is 12.0. The lowest BCUT2D eigenvalue weighted by atomic mass is 9.48. The Bertz CT molecular complexity index is 246. The molecule has 4 aliphatic carbocycles. The normalized spacial score (nSPS) is 45.5. The van der Waals surface area contributed by atoms with Crippen LogP contribution in [-0.2, 0) is 0 Å². The number of hydrogen-bond donors (Lipinski definition) is 1. The molecule has 98 valence electrons. The number of hydrogen-bond acceptors (Lipinski definition) is 1. The number of nitrogens with one attached hydrogen (secondary N) is 1. The summed E-state index contributed by atoms with van der Waals surface area (Å²) in [6, 6.07) is 0.742. The van der Waals surface area contributed by atoms with Gasteiger partial charge in [-0.15, -0.1) is 0 Å². The SMILES string of the molecule is CNC(CC12CC3CC(CC(C3)C1)C2)C(C)C. The highest BCUT2D eigenvalue weighted by Crippen LogP contribution is 2.61. The summed E-state index contributed by atoms with van der Waals surface area (Å²) in [5.74, 6) is 4.09. The van der Waals surface area contributed by atoms with E-state index in [0.717, 1.165) is 35.1 Å². The minimum absolute atomic E-state index is 0.742. The van der Waals surface area contributed by atoms with Crippen molar-refractivity contribution < 1.29 is 0 Å². The fourth-order valence-electron chi connectivity index (χ4n) is 5.68. The van der Waals surface area contributed by atoms with Gasteiger partial charge in [-0.2, -0.15) is 0 Å². The van der Waals surface area contributed by atoms with Crippen LogP contribution in [0.3, 0.4) is 0 Å². The van der Waals surface area contributed by atoms with Gasteiger partial charge in [-0.05, 0) is 81.1 Å². The Morgan fingerprint density at radius 2 is 1.47 bits per heavy atom. The van der Waals surface area contributed by atoms with Crippen LogP contribution in [0, 0.1) is 29.1 Å². The summed E-state index contributed by atoms with van der Waals surface area (Å²) in [7, 11) is 2.16. The molecule has 0 aliphatic heterocycles. The molecule has 0 radical (unpaired) electrons. The van der Waals surface area contributed by atoms with E-state index < -0.39 is 0 Å². The maximum atomic E-state index is 3.58. The van der Waals surface area contributed by atoms with Crippen molar-refractivity contribution in [1.29, 1.82) is 0 Å². The van der Waals surface area contributed by atoms with E-state index in [0.29, 0.717) is 0 Å². The van der Waals surface area contributed by atoms with Crippen molar-refractivity contribution in [1.82, 2.24) is 5.32 Å². The molecule has 1 heteroatoms. The minimum Gasteiger partial charge on any atom is -0.317 e. The van der Waals surface area contributed by atoms with E-state index in [1.54, 1.807) is 38.5 Å². The van der Waals surface area contributed by atoms with E-state index in [1.807, 2.05) is 0 Å². The van der Waals surface area contributed by atoms with E-state index in [9.17, 15) is 0 Å². The van der Waals surface area contributed by atoms with Gasteiger partial charge in [0.1, 0.15) is 0 Å². The van der Waals surface area contributed by atoms with E-state index in [1.165, 1.54) is 6.42 Å². The molecule has 0 amide bonds. The number of rotatable bonds is 4. The molecule has 1 unspecified atom stereocenters. The van der Waals surface area contributed by atoms with Crippen LogP contribution in [0.1, 0.15) is 58.8 Å². The molecule has 1 N–H and O–H groups in total. The van der Waals surface area contributed by atoms with Crippen LogP contribution < -0.4 is 5.32 Å². The molecule has 4 saturated carbocycles. The fourth-order valence-corrected chi connectivity index (χ4v) is 5.68. The van der Waals surface area contributed by atoms with Gasteiger partial charge in [-0.25, -0.2) is 0 Å². The lowest BCUT2D eigenvalue weighted by molar-refractivity contribution is -0.0638. The van der Waals surface area contributed by atoms with E-state index >= 15 is 0 Å². The summed E-state index contributed by atoms with van der Waals surface area (Å²) >= 11 is 0. The summed E-state index contributed by atoms with van der Waals surface area (Å²) in [6.07, 6.45) is 10.9. The first-order valence-electron chi connectivity index (χ1n) is 7.77. The Hall–Kier alpha value is -0.0400. The highest BCUT2D eigenvalue weighted by Gasteiger charge is 2.51. The summed E-state index contributed by atoms with van der Waals surface area (Å²) in [5, 5.41) is 3.58. The molecule has 4 bridgehead atoms. The third-order valence-corrected chi connectivity index (χ3v) is 5.99. The highest BCUT2D eigenvalue weighted by atomic mass is 14.9. The van der Waals surface area contributed by atoms with Gasteiger partial charge in [0, 0.05) is 6.04 Å². The Kier molecular flexibility index (Phi) is 3.01. The Labute approximate surface area is 107 Å². The minimum atomic E-state index is 0.742. The zero-order chi connectivity index (χ0) is 12.0. The van der Waals surface area contributed by atoms with Gasteiger partial charge in [0.05, 0.1) is 0 Å². The smallest absolute Gasteiger partial charge is 0.00923 e. The predicted molar refractivity (Wildman–Crippen MR) is 72.9 cm³/mol. The molecule has 0 saturated heterocycles. The molecule has 17 heavy (non-hydrogen) atoms. The largest absolute Gasteiger partial charge is 0.317 e. The molecule has 4 aliphatic rings. The lowest BCUT2D eigenvalue weighted by Gasteiger charge is -2.58. The zero-order valence-electron chi connectivity index (χ0n) is 11.8. The van der Waals surface area contributed by atoms with Crippen molar-refractivity contribution in [2.75, 3.05) is 7.05 Å². The molecule has 0 aromatic heterocycles. The molecule has 4 rings (SSSR count). The maximum Gasteiger partial charge on any atom is 0.00923 e. The van der Waals surface area contributed by atoms with Crippen LogP contribution in [0.15, 0.2) is 0 Å². The third-order valence-electron chi connectivity index (χ3n) is 5.99. The van der Waals surface area contributed by atoms with Crippen molar-refractivity contribution in [2.24, 2.45) is 29.1 Å². The van der Waals surface area contributed by atoms with Gasteiger partial charge in [0.2, 0.25) is 0 Å². The predicted octanol–water partition coefficient (Wildman–Crippen LogP) is 3.84. The molecule has 0 aromatic rings. The van der Waals surface area contributed by atoms with E-state index in [-0.39, 0.29) is 0 Å². The van der Waals surface area contributed by atoms with Crippen molar-refractivity contribution >= 4 is 0 Å². The second-order valence-electron chi connectivity index (χ2n) is 7.76. The first-order chi connectivity index (χ1) is 8.10. The molecule has 1 atom stereocenters. The highest BCUT2D eigenvalue weighted by molar-refractivity contribution is 5.02. The van der Waals surface area contributed by atoms with Gasteiger partial charge in [-0.3, -0.25) is 0 Å². The topological polar surface area (TPSA) is 12.0 Å². The Morgan fingerprint density at radius 1 is 1.00 bits per heavy atom. The van der Waals surface area contributed by atoms with Crippen LogP contribution in [-0.4, -0.2) is 13.1 Å². The fraction of sp³-hybridized carbons (Fsp3) is 1.00. The molecular formula is C16H29N. The maximum absolute atomic E-state index is 3.58. The summed E-state index contributed by atoms with van der Waals surface area (Å²) in [5.41, 5.74) is 0.743. The second-order valence-corrected chi connectivity index (χ2v) is 7.76. The van der Waals surface area contributed by atoms with Crippen LogP contribution in [0.2, 0.25) is 0 Å². The molecule has 1 nitrogen and oxygen atoms in total. The van der Waals surface area contributed by atoms with Gasteiger partial charge in [0.15, 0.2) is 0 Å². The molecule has 0 heterocycles. The Balaban J connectivity index is 1.73. The average molecular weight is 235 g/mol. The van der Waals surface area contributed by atoms with Gasteiger partial charge in [0.25, 0.3) is 0 Å². The average Bonchev–Trinajstić information content (AvgIpc) is 2.23. The van der Waals surface area contributed by atoms with Crippen molar-refractivity contribution in [3.8, 4) is 0 Å². The molecular weight excluding hydrogens is 206 g/mol. The van der Waals surface area contributed by atoms with E-state index in [2.05, 4.69) is 26.2 Å². The van der Waals surface area contributed by atoms with Crippen molar-refractivity contribution in [2.45, 2.75) is 64.8 Å². The van der Waals surface area contributed by atoms with E-state index in [4.69, 9.17) is 0 Å². The Morgan fingerprint density at radius 3 is 1.82 bits per heavy atom. The first-order valence-corrected chi connectivity index (χ1v) is 7.77. The van der Waals surface area contributed by atoms with Crippen molar-refractivity contribution in [3.63, 3.8) is 0 Å². The summed E-state index contributed by atoms with van der Waals surface area (Å²) in [4.78, 5) is 0. The summed E-state index contributed by atoms with van der Waals surface area (Å²) < 4.78 is 0. The quantitative estimate of drug-likeness (QED) is 0.781. The monoisotopic (exact) mass is 235 g/mol. The van der Waals surface area contributed by atoms with Crippen molar-refractivity contribution in [3.05, 3.63) is 0 Å². The third kappa shape index (κ3) is 2.16. The van der Waals surface area contributed by atoms with Gasteiger partial charge in [-0.1, -0.05) is 13.8 Å². The standard InChI is InChI=1S/C16H29N/c1-11(2)15(17-3)10-16-7-12-4-13(8-16)6-14(5-12)9-16/h11-15,17H,4-10H2,1-3H3. The van der Waals surface area contributed by atoms with Crippen LogP contribution >= 0.6 is 0 Å². The van der Waals surface area contributed by atoms with Gasteiger partial charge < -0.3 is 5.32 Å². The lowest BCUT2D eigenvalue weighted by Crippen LogP contribution is -2.49. The molecule has 4 fully saturated rings. The second kappa shape index (κ2) is 4.26. The zero-order valence-corrected chi connectivity index (χ0v) is 11.8. The van der Waals surface area contributed by atoms with Crippen LogP contribution in [0.4, 0.5) is 0 Å². The molecule has 0 spiro atoms.